The number of carbonyl (C=O) groups is 1. The molecule has 0 bridgehead atoms. The van der Waals surface area contributed by atoms with Gasteiger partial charge < -0.3 is 5.32 Å². The summed E-state index contributed by atoms with van der Waals surface area (Å²) >= 11 is 0. The first-order valence-electron chi connectivity index (χ1n) is 7.86. The third kappa shape index (κ3) is 3.05. The topological polar surface area (TPSA) is 74.2 Å². The number of nitrogens with one attached hydrogen (secondary N) is 2. The van der Waals surface area contributed by atoms with Gasteiger partial charge in [0.2, 0.25) is 0 Å². The van der Waals surface area contributed by atoms with E-state index >= 15 is 0 Å². The molecule has 3 N–H and O–H groups in total. The highest BCUT2D eigenvalue weighted by Crippen LogP contribution is 2.48. The van der Waals surface area contributed by atoms with Crippen LogP contribution in [-0.2, 0) is 12.0 Å². The average molecular weight is 311 g/mol. The lowest BCUT2D eigenvalue weighted by molar-refractivity contribution is 0.0706. The van der Waals surface area contributed by atoms with E-state index in [9.17, 15) is 4.79 Å². The zero-order valence-electron chi connectivity index (χ0n) is 13.4. The summed E-state index contributed by atoms with van der Waals surface area (Å²) in [5, 5.41) is 12.3. The van der Waals surface area contributed by atoms with Crippen LogP contribution < -0.4 is 10.8 Å². The maximum atomic E-state index is 11.5. The molecule has 0 saturated heterocycles. The number of benzene rings is 1. The van der Waals surface area contributed by atoms with Crippen molar-refractivity contribution in [2.45, 2.75) is 38.6 Å². The lowest BCUT2D eigenvalue weighted by atomic mass is 10.0. The number of anilines is 1. The molecule has 0 spiro atoms. The van der Waals surface area contributed by atoms with Gasteiger partial charge >= 0.3 is 0 Å². The van der Waals surface area contributed by atoms with Crippen molar-refractivity contribution < 1.29 is 10.0 Å². The maximum absolute atomic E-state index is 11.5. The normalized spacial score (nSPS) is 15.1. The Kier molecular flexibility index (Phi) is 4.05. The first kappa shape index (κ1) is 15.5. The van der Waals surface area contributed by atoms with Gasteiger partial charge in [0, 0.05) is 6.20 Å². The summed E-state index contributed by atoms with van der Waals surface area (Å²) in [6, 6.07) is 10.3. The third-order valence-corrected chi connectivity index (χ3v) is 4.39. The highest BCUT2D eigenvalue weighted by Gasteiger charge is 2.45. The second kappa shape index (κ2) is 6.01. The Balaban J connectivity index is 1.89. The molecule has 1 aliphatic carbocycles. The number of pyridine rings is 1. The number of rotatable bonds is 5. The molecule has 0 aliphatic heterocycles. The largest absolute Gasteiger partial charge is 0.360 e. The smallest absolute Gasteiger partial charge is 0.276 e. The first-order valence-corrected chi connectivity index (χ1v) is 7.86. The highest BCUT2D eigenvalue weighted by atomic mass is 16.5. The minimum Gasteiger partial charge on any atom is -0.360 e. The van der Waals surface area contributed by atoms with Crippen LogP contribution in [0.15, 0.2) is 36.5 Å². The van der Waals surface area contributed by atoms with Crippen LogP contribution in [0.25, 0.3) is 0 Å². The molecule has 5 heteroatoms. The van der Waals surface area contributed by atoms with Gasteiger partial charge in [0.15, 0.2) is 0 Å². The minimum absolute atomic E-state index is 0.0519. The third-order valence-electron chi connectivity index (χ3n) is 4.39. The van der Waals surface area contributed by atoms with Crippen LogP contribution in [0, 0.1) is 6.92 Å². The van der Waals surface area contributed by atoms with Crippen molar-refractivity contribution in [3.05, 3.63) is 58.8 Å². The molecule has 0 radical (unpaired) electrons. The van der Waals surface area contributed by atoms with Gasteiger partial charge in [-0.25, -0.2) is 10.5 Å². The molecule has 1 fully saturated rings. The fraction of sp³-hybridized carbons (Fsp3) is 0.333. The molecular weight excluding hydrogens is 290 g/mol. The van der Waals surface area contributed by atoms with Gasteiger partial charge in [-0.15, -0.1) is 0 Å². The molecule has 5 nitrogen and oxygen atoms in total. The first-order chi connectivity index (χ1) is 11.1. The van der Waals surface area contributed by atoms with Crippen LogP contribution >= 0.6 is 0 Å². The summed E-state index contributed by atoms with van der Waals surface area (Å²) in [5.74, 6) is 0.263. The van der Waals surface area contributed by atoms with Crippen LogP contribution in [0.1, 0.15) is 46.8 Å². The van der Waals surface area contributed by atoms with E-state index in [1.54, 1.807) is 11.5 Å². The van der Waals surface area contributed by atoms with Gasteiger partial charge in [-0.2, -0.15) is 0 Å². The second-order valence-electron chi connectivity index (χ2n) is 6.10. The number of hydrogen-bond donors (Lipinski definition) is 3. The molecule has 2 aromatic rings. The fourth-order valence-corrected chi connectivity index (χ4v) is 2.86. The standard InChI is InChI=1S/C18H21N3O2/c1-3-13-10-14(17(22)21-23)11-19-16(13)20-18(7-8-18)15-6-4-5-12(2)9-15/h4-6,9-11,23H,3,7-8H2,1-2H3,(H,19,20)(H,21,22). The van der Waals surface area contributed by atoms with E-state index < -0.39 is 5.91 Å². The SMILES string of the molecule is CCc1cc(C(=O)NO)cnc1NC1(c2cccc(C)c2)CC1. The van der Waals surface area contributed by atoms with E-state index in [1.807, 2.05) is 6.92 Å². The van der Waals surface area contributed by atoms with Crippen LogP contribution in [0.5, 0.6) is 0 Å². The van der Waals surface area contributed by atoms with Crippen molar-refractivity contribution in [3.8, 4) is 0 Å². The molecule has 1 saturated carbocycles. The van der Waals surface area contributed by atoms with Gasteiger partial charge in [0.05, 0.1) is 11.1 Å². The van der Waals surface area contributed by atoms with Crippen molar-refractivity contribution in [2.75, 3.05) is 5.32 Å². The number of amides is 1. The van der Waals surface area contributed by atoms with Crippen molar-refractivity contribution in [2.24, 2.45) is 0 Å². The zero-order chi connectivity index (χ0) is 16.4. The summed E-state index contributed by atoms with van der Waals surface area (Å²) < 4.78 is 0. The molecule has 1 heterocycles. The fourth-order valence-electron chi connectivity index (χ4n) is 2.86. The molecule has 1 aromatic carbocycles. The summed E-state index contributed by atoms with van der Waals surface area (Å²) in [6.07, 6.45) is 4.38. The highest BCUT2D eigenvalue weighted by molar-refractivity contribution is 5.93. The lowest BCUT2D eigenvalue weighted by Crippen LogP contribution is -2.22. The van der Waals surface area contributed by atoms with Gasteiger partial charge in [-0.1, -0.05) is 36.8 Å². The average Bonchev–Trinajstić information content (AvgIpc) is 3.35. The molecule has 120 valence electrons. The van der Waals surface area contributed by atoms with Crippen molar-refractivity contribution in [1.29, 1.82) is 0 Å². The maximum Gasteiger partial charge on any atom is 0.276 e. The number of nitrogens with zero attached hydrogens (tertiary/aromatic N) is 1. The molecule has 3 rings (SSSR count). The number of aryl methyl sites for hydroxylation is 2. The minimum atomic E-state index is -0.543. The lowest BCUT2D eigenvalue weighted by Gasteiger charge is -2.21. The van der Waals surface area contributed by atoms with E-state index in [0.29, 0.717) is 5.56 Å². The van der Waals surface area contributed by atoms with E-state index in [4.69, 9.17) is 5.21 Å². The monoisotopic (exact) mass is 311 g/mol. The number of aromatic nitrogens is 1. The number of hydrogen-bond acceptors (Lipinski definition) is 4. The molecular formula is C18H21N3O2. The van der Waals surface area contributed by atoms with E-state index in [0.717, 1.165) is 30.6 Å². The predicted octanol–water partition coefficient (Wildman–Crippen LogP) is 3.17. The number of carbonyl (C=O) groups excluding carboxylic acids is 1. The van der Waals surface area contributed by atoms with Crippen LogP contribution in [0.3, 0.4) is 0 Å². The Bertz CT molecular complexity index is 739. The predicted molar refractivity (Wildman–Crippen MR) is 88.6 cm³/mol. The van der Waals surface area contributed by atoms with Crippen LogP contribution in [0.4, 0.5) is 5.82 Å². The van der Waals surface area contributed by atoms with Crippen molar-refractivity contribution in [3.63, 3.8) is 0 Å². The molecule has 1 aliphatic rings. The van der Waals surface area contributed by atoms with Gasteiger partial charge in [-0.05, 0) is 43.4 Å². The van der Waals surface area contributed by atoms with Gasteiger partial charge in [-0.3, -0.25) is 10.0 Å². The molecule has 1 amide bonds. The zero-order valence-corrected chi connectivity index (χ0v) is 13.4. The Morgan fingerprint density at radius 1 is 1.35 bits per heavy atom. The summed E-state index contributed by atoms with van der Waals surface area (Å²) in [7, 11) is 0. The van der Waals surface area contributed by atoms with Crippen molar-refractivity contribution in [1.82, 2.24) is 10.5 Å². The quantitative estimate of drug-likeness (QED) is 0.586. The van der Waals surface area contributed by atoms with Crippen molar-refractivity contribution >= 4 is 11.7 Å². The van der Waals surface area contributed by atoms with Gasteiger partial charge in [0.25, 0.3) is 5.91 Å². The Morgan fingerprint density at radius 2 is 2.13 bits per heavy atom. The molecule has 0 unspecified atom stereocenters. The Labute approximate surface area is 135 Å². The Morgan fingerprint density at radius 3 is 2.74 bits per heavy atom. The summed E-state index contributed by atoms with van der Waals surface area (Å²) in [4.78, 5) is 15.9. The number of hydroxylamine groups is 1. The summed E-state index contributed by atoms with van der Waals surface area (Å²) in [5.41, 5.74) is 5.43. The second-order valence-corrected chi connectivity index (χ2v) is 6.10. The Hall–Kier alpha value is -2.40. The van der Waals surface area contributed by atoms with E-state index in [-0.39, 0.29) is 5.54 Å². The van der Waals surface area contributed by atoms with Crippen LogP contribution in [-0.4, -0.2) is 16.1 Å². The molecule has 1 aromatic heterocycles. The van der Waals surface area contributed by atoms with E-state index in [1.165, 1.54) is 17.3 Å². The van der Waals surface area contributed by atoms with Gasteiger partial charge in [0.1, 0.15) is 5.82 Å². The molecule has 23 heavy (non-hydrogen) atoms. The summed E-state index contributed by atoms with van der Waals surface area (Å²) in [6.45, 7) is 4.12. The van der Waals surface area contributed by atoms with Crippen LogP contribution in [0.2, 0.25) is 0 Å². The molecule has 0 atom stereocenters. The van der Waals surface area contributed by atoms with E-state index in [2.05, 4.69) is 41.5 Å².